The van der Waals surface area contributed by atoms with Crippen molar-refractivity contribution in [2.24, 2.45) is 0 Å². The Morgan fingerprint density at radius 1 is 1.27 bits per heavy atom. The molecular formula is C11H23NO3. The Kier molecular flexibility index (Phi) is 4.52. The first-order valence-electron chi connectivity index (χ1n) is 5.60. The van der Waals surface area contributed by atoms with E-state index in [4.69, 9.17) is 14.9 Å². The summed E-state index contributed by atoms with van der Waals surface area (Å²) in [4.78, 5) is 0. The molecule has 0 aromatic carbocycles. The van der Waals surface area contributed by atoms with Crippen LogP contribution in [0, 0.1) is 0 Å². The van der Waals surface area contributed by atoms with Gasteiger partial charge in [0.25, 0.3) is 0 Å². The number of aliphatic hydroxyl groups excluding tert-OH is 2. The second kappa shape index (κ2) is 5.25. The molecule has 1 aliphatic rings. The average molecular weight is 217 g/mol. The number of rotatable bonds is 5. The summed E-state index contributed by atoms with van der Waals surface area (Å²) >= 11 is 0. The van der Waals surface area contributed by atoms with E-state index >= 15 is 0 Å². The van der Waals surface area contributed by atoms with E-state index in [1.165, 1.54) is 0 Å². The van der Waals surface area contributed by atoms with E-state index in [1.807, 2.05) is 0 Å². The first-order chi connectivity index (χ1) is 6.94. The van der Waals surface area contributed by atoms with Crippen molar-refractivity contribution in [3.8, 4) is 0 Å². The van der Waals surface area contributed by atoms with E-state index in [9.17, 15) is 0 Å². The van der Waals surface area contributed by atoms with Gasteiger partial charge in [0.05, 0.1) is 31.0 Å². The van der Waals surface area contributed by atoms with Crippen LogP contribution < -0.4 is 5.32 Å². The smallest absolute Gasteiger partial charge is 0.0612 e. The molecule has 0 unspecified atom stereocenters. The maximum atomic E-state index is 8.89. The fraction of sp³-hybridized carbons (Fsp3) is 1.00. The maximum Gasteiger partial charge on any atom is 0.0612 e. The molecular weight excluding hydrogens is 194 g/mol. The van der Waals surface area contributed by atoms with Crippen LogP contribution in [0.5, 0.6) is 0 Å². The molecule has 0 aromatic rings. The van der Waals surface area contributed by atoms with Crippen LogP contribution >= 0.6 is 0 Å². The molecule has 0 heterocycles. The van der Waals surface area contributed by atoms with Gasteiger partial charge >= 0.3 is 0 Å². The molecule has 3 N–H and O–H groups in total. The van der Waals surface area contributed by atoms with Crippen LogP contribution in [0.15, 0.2) is 0 Å². The number of nitrogens with one attached hydrogen (secondary N) is 1. The highest BCUT2D eigenvalue weighted by atomic mass is 16.5. The minimum Gasteiger partial charge on any atom is -0.395 e. The van der Waals surface area contributed by atoms with Crippen LogP contribution in [0.1, 0.15) is 33.6 Å². The largest absolute Gasteiger partial charge is 0.395 e. The van der Waals surface area contributed by atoms with E-state index in [0.717, 1.165) is 12.8 Å². The van der Waals surface area contributed by atoms with Gasteiger partial charge in [-0.3, -0.25) is 0 Å². The van der Waals surface area contributed by atoms with E-state index in [-0.39, 0.29) is 24.9 Å². The van der Waals surface area contributed by atoms with Gasteiger partial charge in [-0.1, -0.05) is 0 Å². The molecule has 1 aliphatic carbocycles. The first-order valence-corrected chi connectivity index (χ1v) is 5.60. The van der Waals surface area contributed by atoms with Crippen molar-refractivity contribution < 1.29 is 14.9 Å². The molecule has 0 aliphatic heterocycles. The van der Waals surface area contributed by atoms with Crippen molar-refractivity contribution in [1.82, 2.24) is 5.32 Å². The highest BCUT2D eigenvalue weighted by Crippen LogP contribution is 2.27. The average Bonchev–Trinajstić information content (AvgIpc) is 2.07. The molecule has 0 amide bonds. The van der Waals surface area contributed by atoms with E-state index in [2.05, 4.69) is 26.1 Å². The zero-order valence-electron chi connectivity index (χ0n) is 9.86. The molecule has 0 radical (unpaired) electrons. The van der Waals surface area contributed by atoms with Crippen LogP contribution in [-0.4, -0.2) is 47.2 Å². The SMILES string of the molecule is CC(C)(C)OC1CC(NC(CO)CO)C1. The molecule has 4 heteroatoms. The third-order valence-corrected chi connectivity index (χ3v) is 2.53. The Morgan fingerprint density at radius 3 is 2.20 bits per heavy atom. The summed E-state index contributed by atoms with van der Waals surface area (Å²) in [6.07, 6.45) is 2.25. The zero-order valence-corrected chi connectivity index (χ0v) is 9.86. The van der Waals surface area contributed by atoms with Gasteiger partial charge in [-0.25, -0.2) is 0 Å². The number of hydrogen-bond acceptors (Lipinski definition) is 4. The van der Waals surface area contributed by atoms with Gasteiger partial charge in [-0.05, 0) is 33.6 Å². The van der Waals surface area contributed by atoms with E-state index < -0.39 is 0 Å². The van der Waals surface area contributed by atoms with Gasteiger partial charge in [0.15, 0.2) is 0 Å². The lowest BCUT2D eigenvalue weighted by Gasteiger charge is -2.40. The fourth-order valence-corrected chi connectivity index (χ4v) is 1.79. The van der Waals surface area contributed by atoms with Crippen molar-refractivity contribution >= 4 is 0 Å². The molecule has 1 saturated carbocycles. The van der Waals surface area contributed by atoms with Crippen LogP contribution in [0.25, 0.3) is 0 Å². The minimum atomic E-state index is -0.189. The van der Waals surface area contributed by atoms with Crippen molar-refractivity contribution in [3.05, 3.63) is 0 Å². The van der Waals surface area contributed by atoms with Crippen LogP contribution in [0.4, 0.5) is 0 Å². The first kappa shape index (κ1) is 12.9. The molecule has 0 aromatic heterocycles. The zero-order chi connectivity index (χ0) is 11.5. The summed E-state index contributed by atoms with van der Waals surface area (Å²) in [5, 5.41) is 21.0. The third-order valence-electron chi connectivity index (χ3n) is 2.53. The molecule has 0 bridgehead atoms. The van der Waals surface area contributed by atoms with Crippen LogP contribution in [0.2, 0.25) is 0 Å². The number of aliphatic hydroxyl groups is 2. The number of hydrogen-bond donors (Lipinski definition) is 3. The Morgan fingerprint density at radius 2 is 1.80 bits per heavy atom. The minimum absolute atomic E-state index is 0.0161. The summed E-state index contributed by atoms with van der Waals surface area (Å²) in [7, 11) is 0. The Hall–Kier alpha value is -0.160. The monoisotopic (exact) mass is 217 g/mol. The molecule has 15 heavy (non-hydrogen) atoms. The lowest BCUT2D eigenvalue weighted by molar-refractivity contribution is -0.104. The lowest BCUT2D eigenvalue weighted by Crippen LogP contribution is -2.52. The van der Waals surface area contributed by atoms with E-state index in [1.54, 1.807) is 0 Å². The standard InChI is InChI=1S/C11H23NO3/c1-11(2,3)15-10-4-8(5-10)12-9(6-13)7-14/h8-10,12-14H,4-7H2,1-3H3. The van der Waals surface area contributed by atoms with Gasteiger partial charge in [-0.15, -0.1) is 0 Å². The van der Waals surface area contributed by atoms with Gasteiger partial charge in [0, 0.05) is 6.04 Å². The van der Waals surface area contributed by atoms with Crippen molar-refractivity contribution in [3.63, 3.8) is 0 Å². The van der Waals surface area contributed by atoms with Crippen LogP contribution in [0.3, 0.4) is 0 Å². The Labute approximate surface area is 91.6 Å². The fourth-order valence-electron chi connectivity index (χ4n) is 1.79. The summed E-state index contributed by atoms with van der Waals surface area (Å²) in [5.41, 5.74) is -0.0804. The predicted molar refractivity (Wildman–Crippen MR) is 58.7 cm³/mol. The normalized spacial score (nSPS) is 26.8. The summed E-state index contributed by atoms with van der Waals surface area (Å²) < 4.78 is 5.79. The Bertz CT molecular complexity index is 181. The van der Waals surface area contributed by atoms with Gasteiger partial charge in [0.2, 0.25) is 0 Å². The van der Waals surface area contributed by atoms with Gasteiger partial charge < -0.3 is 20.3 Å². The quantitative estimate of drug-likeness (QED) is 0.619. The van der Waals surface area contributed by atoms with Crippen molar-refractivity contribution in [2.75, 3.05) is 13.2 Å². The molecule has 0 spiro atoms. The van der Waals surface area contributed by atoms with Crippen LogP contribution in [-0.2, 0) is 4.74 Å². The summed E-state index contributed by atoms with van der Waals surface area (Å²) in [6.45, 7) is 6.13. The molecule has 4 nitrogen and oxygen atoms in total. The van der Waals surface area contributed by atoms with Gasteiger partial charge in [0.1, 0.15) is 0 Å². The highest BCUT2D eigenvalue weighted by molar-refractivity contribution is 4.89. The van der Waals surface area contributed by atoms with Crippen molar-refractivity contribution in [2.45, 2.75) is 57.4 Å². The third kappa shape index (κ3) is 4.47. The molecule has 1 rings (SSSR count). The van der Waals surface area contributed by atoms with Gasteiger partial charge in [-0.2, -0.15) is 0 Å². The second-order valence-corrected chi connectivity index (χ2v) is 5.25. The predicted octanol–water partition coefficient (Wildman–Crippen LogP) is 0.275. The summed E-state index contributed by atoms with van der Waals surface area (Å²) in [6, 6.07) is 0.187. The second-order valence-electron chi connectivity index (χ2n) is 5.25. The number of ether oxygens (including phenoxy) is 1. The Balaban J connectivity index is 2.15. The molecule has 0 saturated heterocycles. The van der Waals surface area contributed by atoms with E-state index in [0.29, 0.717) is 12.1 Å². The molecule has 1 fully saturated rings. The lowest BCUT2D eigenvalue weighted by atomic mass is 9.88. The highest BCUT2D eigenvalue weighted by Gasteiger charge is 2.33. The topological polar surface area (TPSA) is 61.7 Å². The molecule has 0 atom stereocenters. The van der Waals surface area contributed by atoms with Crippen molar-refractivity contribution in [1.29, 1.82) is 0 Å². The molecule has 90 valence electrons. The summed E-state index contributed by atoms with van der Waals surface area (Å²) in [5.74, 6) is 0. The maximum absolute atomic E-state index is 8.89.